The lowest BCUT2D eigenvalue weighted by Gasteiger charge is -2.31. The quantitative estimate of drug-likeness (QED) is 0.448. The second-order valence-electron chi connectivity index (χ2n) is 8.47. The lowest BCUT2D eigenvalue weighted by atomic mass is 9.97. The lowest BCUT2D eigenvalue weighted by Crippen LogP contribution is -2.35. The van der Waals surface area contributed by atoms with Crippen LogP contribution in [-0.2, 0) is 29.7 Å². The minimum absolute atomic E-state index is 0.669. The summed E-state index contributed by atoms with van der Waals surface area (Å²) in [6.07, 6.45) is -1.82. The Morgan fingerprint density at radius 3 is 1.97 bits per heavy atom. The number of piperidine rings is 1. The molecule has 0 atom stereocenters. The monoisotopic (exact) mass is 564 g/mol. The summed E-state index contributed by atoms with van der Waals surface area (Å²) in [5.74, 6) is -3.70. The van der Waals surface area contributed by atoms with Gasteiger partial charge < -0.3 is 14.8 Å². The largest absolute Gasteiger partial charge is 0.490 e. The molecule has 214 valence electrons. The summed E-state index contributed by atoms with van der Waals surface area (Å²) in [4.78, 5) is 24.7. The number of aromatic nitrogens is 5. The predicted molar refractivity (Wildman–Crippen MR) is 124 cm³/mol. The number of benzene rings is 1. The number of hydrogen-bond acceptors (Lipinski definition) is 6. The van der Waals surface area contributed by atoms with E-state index in [1.807, 2.05) is 35.3 Å². The maximum absolute atomic E-state index is 10.6. The zero-order chi connectivity index (χ0) is 29.2. The fourth-order valence-electron chi connectivity index (χ4n) is 3.47. The highest BCUT2D eigenvalue weighted by Gasteiger charge is 2.38. The minimum Gasteiger partial charge on any atom is -0.475 e. The lowest BCUT2D eigenvalue weighted by molar-refractivity contribution is -0.193. The van der Waals surface area contributed by atoms with Crippen molar-refractivity contribution in [2.75, 3.05) is 13.1 Å². The van der Waals surface area contributed by atoms with Crippen LogP contribution in [0.25, 0.3) is 11.3 Å². The minimum atomic E-state index is -5.08. The molecule has 39 heavy (non-hydrogen) atoms. The maximum atomic E-state index is 10.6. The third kappa shape index (κ3) is 10.7. The number of carboxylic acid groups (broad SMARTS) is 2. The Labute approximate surface area is 218 Å². The summed E-state index contributed by atoms with van der Waals surface area (Å²) in [6, 6.07) is 10.2. The van der Waals surface area contributed by atoms with Crippen LogP contribution in [-0.4, -0.2) is 77.0 Å². The third-order valence-corrected chi connectivity index (χ3v) is 5.53. The van der Waals surface area contributed by atoms with Crippen molar-refractivity contribution in [3.8, 4) is 11.3 Å². The fraction of sp³-hybridized carbons (Fsp3) is 0.435. The van der Waals surface area contributed by atoms with E-state index in [9.17, 15) is 26.3 Å². The molecule has 1 aromatic carbocycles. The maximum Gasteiger partial charge on any atom is 0.490 e. The van der Waals surface area contributed by atoms with Crippen molar-refractivity contribution in [2.24, 2.45) is 13.0 Å². The van der Waals surface area contributed by atoms with Crippen molar-refractivity contribution in [3.05, 3.63) is 54.7 Å². The van der Waals surface area contributed by atoms with Crippen LogP contribution in [0.5, 0.6) is 0 Å². The molecule has 0 saturated carbocycles. The zero-order valence-electron chi connectivity index (χ0n) is 20.6. The molecular formula is C23H26F6N6O4. The van der Waals surface area contributed by atoms with Crippen LogP contribution in [0.1, 0.15) is 18.7 Å². The molecule has 10 nitrogen and oxygen atoms in total. The normalized spacial score (nSPS) is 14.5. The Kier molecular flexibility index (Phi) is 11.0. The first-order valence-electron chi connectivity index (χ1n) is 11.4. The summed E-state index contributed by atoms with van der Waals surface area (Å²) in [7, 11) is 2.06. The van der Waals surface area contributed by atoms with Crippen LogP contribution in [0, 0.1) is 5.92 Å². The van der Waals surface area contributed by atoms with Gasteiger partial charge in [0.15, 0.2) is 0 Å². The van der Waals surface area contributed by atoms with E-state index in [1.54, 1.807) is 0 Å². The molecule has 16 heteroatoms. The molecule has 1 saturated heterocycles. The van der Waals surface area contributed by atoms with Crippen molar-refractivity contribution >= 4 is 11.9 Å². The first-order valence-corrected chi connectivity index (χ1v) is 11.4. The van der Waals surface area contributed by atoms with Gasteiger partial charge in [0.25, 0.3) is 0 Å². The molecule has 3 heterocycles. The Morgan fingerprint density at radius 2 is 1.51 bits per heavy atom. The Bertz CT molecular complexity index is 1160. The number of likely N-dealkylation sites (tertiary alicyclic amines) is 1. The van der Waals surface area contributed by atoms with Gasteiger partial charge in [-0.15, -0.1) is 5.10 Å². The number of halogens is 6. The fourth-order valence-corrected chi connectivity index (χ4v) is 3.47. The van der Waals surface area contributed by atoms with Crippen LogP contribution < -0.4 is 0 Å². The number of hydrogen-bond donors (Lipinski definition) is 2. The highest BCUT2D eigenvalue weighted by atomic mass is 19.4. The van der Waals surface area contributed by atoms with Crippen molar-refractivity contribution < 1.29 is 46.1 Å². The van der Waals surface area contributed by atoms with Gasteiger partial charge >= 0.3 is 24.3 Å². The van der Waals surface area contributed by atoms with Gasteiger partial charge in [0.1, 0.15) is 11.5 Å². The third-order valence-electron chi connectivity index (χ3n) is 5.53. The van der Waals surface area contributed by atoms with Crippen molar-refractivity contribution in [1.29, 1.82) is 0 Å². The Morgan fingerprint density at radius 1 is 0.974 bits per heavy atom. The molecule has 4 rings (SSSR count). The van der Waals surface area contributed by atoms with Crippen molar-refractivity contribution in [1.82, 2.24) is 29.4 Å². The summed E-state index contributed by atoms with van der Waals surface area (Å²) < 4.78 is 67.6. The van der Waals surface area contributed by atoms with Gasteiger partial charge in [0, 0.05) is 31.5 Å². The molecule has 0 unspecified atom stereocenters. The van der Waals surface area contributed by atoms with E-state index in [4.69, 9.17) is 19.8 Å². The molecule has 0 radical (unpaired) electrons. The van der Waals surface area contributed by atoms with Gasteiger partial charge in [0.05, 0.1) is 12.7 Å². The van der Waals surface area contributed by atoms with Crippen LogP contribution in [0.4, 0.5) is 26.3 Å². The molecule has 0 aliphatic carbocycles. The van der Waals surface area contributed by atoms with Gasteiger partial charge in [-0.25, -0.2) is 14.6 Å². The van der Waals surface area contributed by atoms with Crippen LogP contribution in [0.2, 0.25) is 0 Å². The van der Waals surface area contributed by atoms with Crippen LogP contribution in [0.15, 0.2) is 48.9 Å². The zero-order valence-corrected chi connectivity index (χ0v) is 20.6. The SMILES string of the molecule is Cn1ccnc1CN1CCC(Cn2cc(-c3ccccc3)nn2)CC1.O=C(O)C(F)(F)F.O=C(O)C(F)(F)F. The molecule has 1 fully saturated rings. The first kappa shape index (κ1) is 31.3. The second-order valence-corrected chi connectivity index (χ2v) is 8.47. The molecule has 1 aliphatic heterocycles. The van der Waals surface area contributed by atoms with E-state index >= 15 is 0 Å². The Balaban J connectivity index is 0.000000317. The molecule has 2 aromatic heterocycles. The Hall–Kier alpha value is -3.95. The van der Waals surface area contributed by atoms with Gasteiger partial charge in [0.2, 0.25) is 0 Å². The summed E-state index contributed by atoms with van der Waals surface area (Å²) in [6.45, 7) is 4.14. The smallest absolute Gasteiger partial charge is 0.475 e. The topological polar surface area (TPSA) is 126 Å². The van der Waals surface area contributed by atoms with Crippen molar-refractivity contribution in [2.45, 2.75) is 38.3 Å². The molecular weight excluding hydrogens is 538 g/mol. The number of nitrogens with zero attached hydrogens (tertiary/aromatic N) is 6. The molecule has 0 bridgehead atoms. The predicted octanol–water partition coefficient (Wildman–Crippen LogP) is 3.86. The van der Waals surface area contributed by atoms with Gasteiger partial charge in [-0.1, -0.05) is 35.5 Å². The molecule has 2 N–H and O–H groups in total. The average Bonchev–Trinajstić information content (AvgIpc) is 3.49. The van der Waals surface area contributed by atoms with Gasteiger partial charge in [-0.3, -0.25) is 9.58 Å². The van der Waals surface area contributed by atoms with Crippen LogP contribution in [0.3, 0.4) is 0 Å². The molecule has 0 spiro atoms. The molecule has 1 aliphatic rings. The summed E-state index contributed by atoms with van der Waals surface area (Å²) in [5.41, 5.74) is 2.08. The highest BCUT2D eigenvalue weighted by Crippen LogP contribution is 2.21. The number of carbonyl (C=O) groups is 2. The van der Waals surface area contributed by atoms with Gasteiger partial charge in [-0.05, 0) is 31.8 Å². The standard InChI is InChI=1S/C19H24N6.2C2HF3O2/c1-23-12-9-20-19(23)15-24-10-7-16(8-11-24)13-25-14-18(21-22-25)17-5-3-2-4-6-17;2*3-2(4,5)1(6)7/h2-6,9,12,14,16H,7-8,10-11,13,15H2,1H3;2*(H,6,7). The number of carboxylic acids is 2. The van der Waals surface area contributed by atoms with E-state index < -0.39 is 24.3 Å². The van der Waals surface area contributed by atoms with E-state index in [2.05, 4.69) is 50.1 Å². The highest BCUT2D eigenvalue weighted by molar-refractivity contribution is 5.73. The number of aliphatic carboxylic acids is 2. The van der Waals surface area contributed by atoms with Crippen molar-refractivity contribution in [3.63, 3.8) is 0 Å². The van der Waals surface area contributed by atoms with Crippen LogP contribution >= 0.6 is 0 Å². The number of alkyl halides is 6. The summed E-state index contributed by atoms with van der Waals surface area (Å²) in [5, 5.41) is 22.9. The number of imidazole rings is 1. The van der Waals surface area contributed by atoms with E-state index in [0.717, 1.165) is 43.3 Å². The molecule has 0 amide bonds. The van der Waals surface area contributed by atoms with E-state index in [1.165, 1.54) is 12.8 Å². The second kappa shape index (κ2) is 13.7. The first-order chi connectivity index (χ1) is 18.2. The summed E-state index contributed by atoms with van der Waals surface area (Å²) >= 11 is 0. The van der Waals surface area contributed by atoms with Gasteiger partial charge in [-0.2, -0.15) is 26.3 Å². The number of rotatable bonds is 5. The van der Waals surface area contributed by atoms with E-state index in [0.29, 0.717) is 5.92 Å². The molecule has 3 aromatic rings. The van der Waals surface area contributed by atoms with E-state index in [-0.39, 0.29) is 0 Å². The average molecular weight is 564 g/mol. The number of aryl methyl sites for hydroxylation is 1.